The van der Waals surface area contributed by atoms with Crippen LogP contribution in [0.2, 0.25) is 0 Å². The van der Waals surface area contributed by atoms with E-state index in [4.69, 9.17) is 4.74 Å². The number of hydrogen-bond donors (Lipinski definition) is 1. The zero-order valence-electron chi connectivity index (χ0n) is 11.6. The Labute approximate surface area is 117 Å². The van der Waals surface area contributed by atoms with E-state index in [9.17, 15) is 4.79 Å². The molecule has 0 spiro atoms. The number of benzene rings is 1. The smallest absolute Gasteiger partial charge is 0.250 e. The summed E-state index contributed by atoms with van der Waals surface area (Å²) in [6, 6.07) is 3.87. The fourth-order valence-corrected chi connectivity index (χ4v) is 1.73. The highest BCUT2D eigenvalue weighted by Crippen LogP contribution is 2.24. The number of halogens is 1. The van der Waals surface area contributed by atoms with E-state index in [0.29, 0.717) is 0 Å². The van der Waals surface area contributed by atoms with Gasteiger partial charge in [0.15, 0.2) is 0 Å². The van der Waals surface area contributed by atoms with Crippen molar-refractivity contribution in [3.63, 3.8) is 0 Å². The average Bonchev–Trinajstić information content (AvgIpc) is 2.22. The van der Waals surface area contributed by atoms with E-state index in [1.165, 1.54) is 0 Å². The Bertz CT molecular complexity index is 427. The van der Waals surface area contributed by atoms with Gasteiger partial charge in [0.05, 0.1) is 5.60 Å². The fourth-order valence-electron chi connectivity index (χ4n) is 1.50. The first-order chi connectivity index (χ1) is 8.19. The maximum absolute atomic E-state index is 11.7. The van der Waals surface area contributed by atoms with Crippen LogP contribution in [-0.4, -0.2) is 18.1 Å². The number of amides is 1. The van der Waals surface area contributed by atoms with Crippen LogP contribution in [-0.2, 0) is 9.53 Å². The molecule has 0 saturated carbocycles. The minimum absolute atomic E-state index is 0.0671. The molecule has 0 heterocycles. The van der Waals surface area contributed by atoms with Crippen LogP contribution in [0.25, 0.3) is 0 Å². The topological polar surface area (TPSA) is 38.3 Å². The van der Waals surface area contributed by atoms with Crippen LogP contribution in [0.5, 0.6) is 0 Å². The third-order valence-corrected chi connectivity index (χ3v) is 3.61. The van der Waals surface area contributed by atoms with Crippen LogP contribution in [0.15, 0.2) is 16.6 Å². The summed E-state index contributed by atoms with van der Waals surface area (Å²) in [4.78, 5) is 11.7. The van der Waals surface area contributed by atoms with Gasteiger partial charge < -0.3 is 10.1 Å². The summed E-state index contributed by atoms with van der Waals surface area (Å²) >= 11 is 3.50. The van der Waals surface area contributed by atoms with Gasteiger partial charge in [-0.2, -0.15) is 0 Å². The van der Waals surface area contributed by atoms with E-state index < -0.39 is 0 Å². The number of anilines is 1. The molecule has 1 aromatic rings. The molecule has 0 unspecified atom stereocenters. The van der Waals surface area contributed by atoms with Gasteiger partial charge >= 0.3 is 0 Å². The van der Waals surface area contributed by atoms with E-state index in [1.54, 1.807) is 0 Å². The van der Waals surface area contributed by atoms with Crippen molar-refractivity contribution in [2.75, 3.05) is 11.9 Å². The highest BCUT2D eigenvalue weighted by atomic mass is 79.9. The van der Waals surface area contributed by atoms with Crippen LogP contribution < -0.4 is 5.32 Å². The maximum atomic E-state index is 11.7. The normalized spacial score (nSPS) is 11.4. The quantitative estimate of drug-likeness (QED) is 0.921. The molecular formula is C14H20BrNO2. The summed E-state index contributed by atoms with van der Waals surface area (Å²) in [5.74, 6) is -0.133. The molecule has 0 saturated heterocycles. The first-order valence-corrected chi connectivity index (χ1v) is 6.69. The van der Waals surface area contributed by atoms with Gasteiger partial charge in [-0.05, 0) is 57.9 Å². The second-order valence-electron chi connectivity index (χ2n) is 5.37. The summed E-state index contributed by atoms with van der Waals surface area (Å²) < 4.78 is 6.50. The van der Waals surface area contributed by atoms with Crippen LogP contribution in [0.1, 0.15) is 31.9 Å². The number of carbonyl (C=O) groups is 1. The lowest BCUT2D eigenvalue weighted by Gasteiger charge is -2.19. The standard InChI is InChI=1S/C14H20BrNO2/c1-9-6-11(7-10(2)13(9)15)16-12(17)8-18-14(3,4)5/h6-7H,8H2,1-5H3,(H,16,17). The minimum Gasteiger partial charge on any atom is -0.366 e. The SMILES string of the molecule is Cc1cc(NC(=O)COC(C)(C)C)cc(C)c1Br. The third-order valence-electron chi connectivity index (χ3n) is 2.36. The molecule has 0 aliphatic rings. The number of aryl methyl sites for hydroxylation is 2. The van der Waals surface area contributed by atoms with E-state index in [0.717, 1.165) is 21.3 Å². The highest BCUT2D eigenvalue weighted by Gasteiger charge is 2.13. The molecule has 1 aromatic carbocycles. The molecule has 0 atom stereocenters. The molecule has 1 rings (SSSR count). The summed E-state index contributed by atoms with van der Waals surface area (Å²) in [7, 11) is 0. The van der Waals surface area contributed by atoms with Crippen LogP contribution >= 0.6 is 15.9 Å². The van der Waals surface area contributed by atoms with Crippen molar-refractivity contribution in [3.05, 3.63) is 27.7 Å². The predicted molar refractivity (Wildman–Crippen MR) is 78.0 cm³/mol. The second kappa shape index (κ2) is 5.85. The van der Waals surface area contributed by atoms with Gasteiger partial charge in [0, 0.05) is 10.2 Å². The Morgan fingerprint density at radius 2 is 1.78 bits per heavy atom. The van der Waals surface area contributed by atoms with Crippen LogP contribution in [0, 0.1) is 13.8 Å². The van der Waals surface area contributed by atoms with Crippen molar-refractivity contribution < 1.29 is 9.53 Å². The van der Waals surface area contributed by atoms with E-state index in [2.05, 4.69) is 21.2 Å². The third kappa shape index (κ3) is 4.78. The van der Waals surface area contributed by atoms with Gasteiger partial charge in [-0.15, -0.1) is 0 Å². The minimum atomic E-state index is -0.303. The molecule has 1 N–H and O–H groups in total. The van der Waals surface area contributed by atoms with Crippen molar-refractivity contribution in [2.45, 2.75) is 40.2 Å². The molecule has 0 aliphatic heterocycles. The number of nitrogens with one attached hydrogen (secondary N) is 1. The molecule has 100 valence electrons. The van der Waals surface area contributed by atoms with E-state index in [1.807, 2.05) is 46.8 Å². The molecule has 0 aromatic heterocycles. The lowest BCUT2D eigenvalue weighted by atomic mass is 10.1. The monoisotopic (exact) mass is 313 g/mol. The van der Waals surface area contributed by atoms with Gasteiger partial charge in [-0.1, -0.05) is 15.9 Å². The van der Waals surface area contributed by atoms with Crippen LogP contribution in [0.4, 0.5) is 5.69 Å². The van der Waals surface area contributed by atoms with Gasteiger partial charge in [0.1, 0.15) is 6.61 Å². The first kappa shape index (κ1) is 15.2. The summed E-state index contributed by atoms with van der Waals surface area (Å²) in [5, 5.41) is 2.84. The zero-order chi connectivity index (χ0) is 13.9. The van der Waals surface area contributed by atoms with Crippen molar-refractivity contribution in [1.82, 2.24) is 0 Å². The van der Waals surface area contributed by atoms with E-state index >= 15 is 0 Å². The predicted octanol–water partition coefficient (Wildman–Crippen LogP) is 3.82. The molecule has 0 fully saturated rings. The molecule has 18 heavy (non-hydrogen) atoms. The number of hydrogen-bond acceptors (Lipinski definition) is 2. The number of carbonyl (C=O) groups excluding carboxylic acids is 1. The van der Waals surface area contributed by atoms with Gasteiger partial charge in [0.2, 0.25) is 5.91 Å². The summed E-state index contributed by atoms with van der Waals surface area (Å²) in [6.45, 7) is 9.84. The van der Waals surface area contributed by atoms with Crippen molar-refractivity contribution in [3.8, 4) is 0 Å². The molecule has 1 amide bonds. The maximum Gasteiger partial charge on any atom is 0.250 e. The van der Waals surface area contributed by atoms with E-state index in [-0.39, 0.29) is 18.1 Å². The number of rotatable bonds is 3. The Balaban J connectivity index is 2.65. The molecule has 0 bridgehead atoms. The molecular weight excluding hydrogens is 294 g/mol. The first-order valence-electron chi connectivity index (χ1n) is 5.89. The Kier molecular flexibility index (Phi) is 4.93. The fraction of sp³-hybridized carbons (Fsp3) is 0.500. The molecule has 0 aliphatic carbocycles. The highest BCUT2D eigenvalue weighted by molar-refractivity contribution is 9.10. The lowest BCUT2D eigenvalue weighted by Crippen LogP contribution is -2.27. The largest absolute Gasteiger partial charge is 0.366 e. The van der Waals surface area contributed by atoms with Gasteiger partial charge in [-0.3, -0.25) is 4.79 Å². The Hall–Kier alpha value is -0.870. The Morgan fingerprint density at radius 3 is 2.22 bits per heavy atom. The molecule has 0 radical (unpaired) electrons. The van der Waals surface area contributed by atoms with Gasteiger partial charge in [-0.25, -0.2) is 0 Å². The summed E-state index contributed by atoms with van der Waals surface area (Å²) in [6.07, 6.45) is 0. The number of ether oxygens (including phenoxy) is 1. The lowest BCUT2D eigenvalue weighted by molar-refractivity contribution is -0.125. The van der Waals surface area contributed by atoms with Gasteiger partial charge in [0.25, 0.3) is 0 Å². The van der Waals surface area contributed by atoms with Crippen molar-refractivity contribution >= 4 is 27.5 Å². The van der Waals surface area contributed by atoms with Crippen molar-refractivity contribution in [2.24, 2.45) is 0 Å². The summed E-state index contributed by atoms with van der Waals surface area (Å²) in [5.41, 5.74) is 2.70. The Morgan fingerprint density at radius 1 is 1.28 bits per heavy atom. The van der Waals surface area contributed by atoms with Crippen molar-refractivity contribution in [1.29, 1.82) is 0 Å². The van der Waals surface area contributed by atoms with Crippen LogP contribution in [0.3, 0.4) is 0 Å². The zero-order valence-corrected chi connectivity index (χ0v) is 13.1. The molecule has 3 nitrogen and oxygen atoms in total. The molecule has 4 heteroatoms. The average molecular weight is 314 g/mol. The second-order valence-corrected chi connectivity index (χ2v) is 6.17.